The van der Waals surface area contributed by atoms with Crippen molar-refractivity contribution < 1.29 is 19.2 Å². The Bertz CT molecular complexity index is 1080. The monoisotopic (exact) mass is 430 g/mol. The highest BCUT2D eigenvalue weighted by Gasteiger charge is 2.24. The highest BCUT2D eigenvalue weighted by molar-refractivity contribution is 6.32. The fourth-order valence-electron chi connectivity index (χ4n) is 2.96. The highest BCUT2D eigenvalue weighted by Crippen LogP contribution is 2.30. The summed E-state index contributed by atoms with van der Waals surface area (Å²) in [7, 11) is 4.85. The van der Waals surface area contributed by atoms with E-state index in [4.69, 9.17) is 21.1 Å². The van der Waals surface area contributed by atoms with Gasteiger partial charge in [-0.2, -0.15) is 0 Å². The van der Waals surface area contributed by atoms with E-state index in [1.54, 1.807) is 42.2 Å². The number of methoxy groups -OCH3 is 2. The van der Waals surface area contributed by atoms with Gasteiger partial charge in [0.2, 0.25) is 0 Å². The van der Waals surface area contributed by atoms with E-state index in [9.17, 15) is 14.9 Å². The third-order valence-corrected chi connectivity index (χ3v) is 4.82. The predicted octanol–water partition coefficient (Wildman–Crippen LogP) is 3.52. The lowest BCUT2D eigenvalue weighted by molar-refractivity contribution is -0.384. The number of ether oxygens (including phenoxy) is 2. The van der Waals surface area contributed by atoms with Crippen molar-refractivity contribution in [3.63, 3.8) is 0 Å². The van der Waals surface area contributed by atoms with Gasteiger partial charge in [0, 0.05) is 37.1 Å². The molecule has 1 heterocycles. The second-order valence-corrected chi connectivity index (χ2v) is 6.78. The van der Waals surface area contributed by atoms with Crippen molar-refractivity contribution in [2.24, 2.45) is 7.05 Å². The maximum absolute atomic E-state index is 13.0. The summed E-state index contributed by atoms with van der Waals surface area (Å²) in [5, 5.41) is 14.0. The maximum atomic E-state index is 13.0. The Labute approximate surface area is 177 Å². The first-order valence-corrected chi connectivity index (χ1v) is 9.16. The van der Waals surface area contributed by atoms with E-state index >= 15 is 0 Å². The highest BCUT2D eigenvalue weighted by atomic mass is 35.5. The number of benzene rings is 2. The van der Waals surface area contributed by atoms with Gasteiger partial charge in [0.1, 0.15) is 28.4 Å². The van der Waals surface area contributed by atoms with Gasteiger partial charge in [0.05, 0.1) is 19.1 Å². The number of rotatable bonds is 7. The van der Waals surface area contributed by atoms with E-state index in [0.717, 1.165) is 6.07 Å². The number of aromatic nitrogens is 2. The molecule has 1 amide bonds. The zero-order chi connectivity index (χ0) is 21.8. The van der Waals surface area contributed by atoms with E-state index in [2.05, 4.69) is 10.3 Å². The molecule has 1 aromatic heterocycles. The maximum Gasteiger partial charge on any atom is 0.288 e. The molecule has 2 aromatic carbocycles. The second kappa shape index (κ2) is 8.83. The standard InChI is InChI=1S/C20H19ClN4O5/c1-24-7-6-22-19(24)18(13-8-14(29-2)11-15(9-13)30-3)23-20(26)12-4-5-16(21)17(10-12)25(27)28/h4-11,18H,1-3H3,(H,23,26)/t18-/m0/s1. The number of amides is 1. The number of aryl methyl sites for hydroxylation is 1. The van der Waals surface area contributed by atoms with Crippen LogP contribution in [-0.4, -0.2) is 34.6 Å². The molecule has 3 rings (SSSR count). The normalized spacial score (nSPS) is 11.6. The topological polar surface area (TPSA) is 109 Å². The Hall–Kier alpha value is -3.59. The molecular formula is C20H19ClN4O5. The van der Waals surface area contributed by atoms with Crippen LogP contribution in [0.25, 0.3) is 0 Å². The van der Waals surface area contributed by atoms with Crippen LogP contribution in [0.5, 0.6) is 11.5 Å². The van der Waals surface area contributed by atoms with Gasteiger partial charge < -0.3 is 19.4 Å². The van der Waals surface area contributed by atoms with Gasteiger partial charge in [-0.1, -0.05) is 11.6 Å². The number of nitrogens with one attached hydrogen (secondary N) is 1. The summed E-state index contributed by atoms with van der Waals surface area (Å²) in [5.74, 6) is 1.12. The minimum Gasteiger partial charge on any atom is -0.497 e. The molecule has 30 heavy (non-hydrogen) atoms. The fourth-order valence-corrected chi connectivity index (χ4v) is 3.14. The predicted molar refractivity (Wildman–Crippen MR) is 110 cm³/mol. The molecule has 1 atom stereocenters. The molecule has 9 nitrogen and oxygen atoms in total. The molecule has 0 fully saturated rings. The number of nitro benzene ring substituents is 1. The van der Waals surface area contributed by atoms with E-state index in [-0.39, 0.29) is 16.3 Å². The summed E-state index contributed by atoms with van der Waals surface area (Å²) in [4.78, 5) is 27.8. The lowest BCUT2D eigenvalue weighted by Crippen LogP contribution is -2.31. The van der Waals surface area contributed by atoms with Gasteiger partial charge in [-0.25, -0.2) is 4.98 Å². The molecule has 0 radical (unpaired) electrons. The van der Waals surface area contributed by atoms with Crippen LogP contribution in [0.2, 0.25) is 5.02 Å². The van der Waals surface area contributed by atoms with Gasteiger partial charge in [-0.15, -0.1) is 0 Å². The number of halogens is 1. The van der Waals surface area contributed by atoms with E-state index in [1.807, 2.05) is 0 Å². The fraction of sp³-hybridized carbons (Fsp3) is 0.200. The molecule has 3 aromatic rings. The molecule has 0 aliphatic heterocycles. The Morgan fingerprint density at radius 3 is 2.40 bits per heavy atom. The van der Waals surface area contributed by atoms with Crippen molar-refractivity contribution >= 4 is 23.2 Å². The Morgan fingerprint density at radius 2 is 1.87 bits per heavy atom. The second-order valence-electron chi connectivity index (χ2n) is 6.37. The van der Waals surface area contributed by atoms with Crippen LogP contribution in [0.3, 0.4) is 0 Å². The minimum atomic E-state index is -0.670. The molecule has 10 heteroatoms. The van der Waals surface area contributed by atoms with Crippen molar-refractivity contribution in [2.75, 3.05) is 14.2 Å². The van der Waals surface area contributed by atoms with Crippen LogP contribution in [0, 0.1) is 10.1 Å². The molecule has 0 aliphatic rings. The molecule has 0 saturated heterocycles. The third kappa shape index (κ3) is 4.36. The molecule has 0 saturated carbocycles. The summed E-state index contributed by atoms with van der Waals surface area (Å²) < 4.78 is 12.4. The van der Waals surface area contributed by atoms with Crippen LogP contribution in [0.1, 0.15) is 27.8 Å². The largest absolute Gasteiger partial charge is 0.497 e. The first-order chi connectivity index (χ1) is 14.3. The smallest absolute Gasteiger partial charge is 0.288 e. The summed E-state index contributed by atoms with van der Waals surface area (Å²) in [6, 6.07) is 8.43. The van der Waals surface area contributed by atoms with Crippen molar-refractivity contribution in [1.82, 2.24) is 14.9 Å². The molecule has 156 valence electrons. The minimum absolute atomic E-state index is 0.0465. The first kappa shape index (κ1) is 21.1. The summed E-state index contributed by atoms with van der Waals surface area (Å²) in [6.07, 6.45) is 3.36. The Balaban J connectivity index is 2.03. The van der Waals surface area contributed by atoms with Crippen LogP contribution in [0.4, 0.5) is 5.69 Å². The van der Waals surface area contributed by atoms with Crippen LogP contribution in [0.15, 0.2) is 48.8 Å². The lowest BCUT2D eigenvalue weighted by Gasteiger charge is -2.20. The number of hydrogen-bond acceptors (Lipinski definition) is 6. The summed E-state index contributed by atoms with van der Waals surface area (Å²) >= 11 is 5.85. The Kier molecular flexibility index (Phi) is 6.22. The van der Waals surface area contributed by atoms with Gasteiger partial charge in [0.15, 0.2) is 0 Å². The van der Waals surface area contributed by atoms with Gasteiger partial charge in [0.25, 0.3) is 11.6 Å². The zero-order valence-electron chi connectivity index (χ0n) is 16.5. The zero-order valence-corrected chi connectivity index (χ0v) is 17.2. The van der Waals surface area contributed by atoms with Crippen LogP contribution < -0.4 is 14.8 Å². The van der Waals surface area contributed by atoms with Crippen LogP contribution in [-0.2, 0) is 7.05 Å². The van der Waals surface area contributed by atoms with E-state index in [0.29, 0.717) is 22.9 Å². The number of carbonyl (C=O) groups is 1. The third-order valence-electron chi connectivity index (χ3n) is 4.50. The number of imidazole rings is 1. The van der Waals surface area contributed by atoms with Crippen molar-refractivity contribution in [3.05, 3.63) is 80.9 Å². The number of nitro groups is 1. The molecule has 0 unspecified atom stereocenters. The van der Waals surface area contributed by atoms with Crippen molar-refractivity contribution in [2.45, 2.75) is 6.04 Å². The average molecular weight is 431 g/mol. The van der Waals surface area contributed by atoms with Gasteiger partial charge >= 0.3 is 0 Å². The first-order valence-electron chi connectivity index (χ1n) is 8.79. The molecule has 0 spiro atoms. The molecule has 1 N–H and O–H groups in total. The van der Waals surface area contributed by atoms with Crippen LogP contribution >= 0.6 is 11.6 Å². The quantitative estimate of drug-likeness (QED) is 0.453. The number of carbonyl (C=O) groups excluding carboxylic acids is 1. The lowest BCUT2D eigenvalue weighted by atomic mass is 10.0. The van der Waals surface area contributed by atoms with Gasteiger partial charge in [-0.3, -0.25) is 14.9 Å². The van der Waals surface area contributed by atoms with E-state index < -0.39 is 16.9 Å². The van der Waals surface area contributed by atoms with Gasteiger partial charge in [-0.05, 0) is 29.8 Å². The van der Waals surface area contributed by atoms with Crippen molar-refractivity contribution in [3.8, 4) is 11.5 Å². The summed E-state index contributed by atoms with van der Waals surface area (Å²) in [5.41, 5.74) is 0.415. The molecule has 0 bridgehead atoms. The van der Waals surface area contributed by atoms with Crippen molar-refractivity contribution in [1.29, 1.82) is 0 Å². The number of hydrogen-bond donors (Lipinski definition) is 1. The molecular weight excluding hydrogens is 412 g/mol. The SMILES string of the molecule is COc1cc(OC)cc([C@H](NC(=O)c2ccc(Cl)c([N+](=O)[O-])c2)c2nccn2C)c1. The molecule has 0 aliphatic carbocycles. The Morgan fingerprint density at radius 1 is 1.20 bits per heavy atom. The summed E-state index contributed by atoms with van der Waals surface area (Å²) in [6.45, 7) is 0. The van der Waals surface area contributed by atoms with E-state index in [1.165, 1.54) is 26.4 Å². The average Bonchev–Trinajstić information content (AvgIpc) is 3.16. The number of nitrogens with zero attached hydrogens (tertiary/aromatic N) is 3.